The molecular formula is C20H27N5O2. The zero-order valence-electron chi connectivity index (χ0n) is 15.6. The third-order valence-corrected chi connectivity index (χ3v) is 5.36. The highest BCUT2D eigenvalue weighted by molar-refractivity contribution is 5.92. The molecule has 3 heterocycles. The van der Waals surface area contributed by atoms with Crippen LogP contribution in [-0.4, -0.2) is 57.6 Å². The first-order chi connectivity index (χ1) is 13.3. The summed E-state index contributed by atoms with van der Waals surface area (Å²) >= 11 is 0. The number of aromatic nitrogens is 3. The van der Waals surface area contributed by atoms with Gasteiger partial charge in [-0.05, 0) is 31.2 Å². The van der Waals surface area contributed by atoms with E-state index >= 15 is 0 Å². The van der Waals surface area contributed by atoms with E-state index in [1.165, 1.54) is 5.56 Å². The highest BCUT2D eigenvalue weighted by Gasteiger charge is 2.23. The van der Waals surface area contributed by atoms with Crippen molar-refractivity contribution in [3.05, 3.63) is 47.8 Å². The van der Waals surface area contributed by atoms with Gasteiger partial charge in [0.15, 0.2) is 5.69 Å². The second-order valence-electron chi connectivity index (χ2n) is 7.47. The molecule has 1 unspecified atom stereocenters. The van der Waals surface area contributed by atoms with Gasteiger partial charge in [0.1, 0.15) is 0 Å². The number of piperidine rings is 1. The first kappa shape index (κ1) is 18.1. The fourth-order valence-electron chi connectivity index (χ4n) is 3.83. The number of benzene rings is 1. The SMILES string of the molecule is O=C(NC1CCN(Cc2ccccc2)CC1)c1cn(CC2CCCO2)nn1. The van der Waals surface area contributed by atoms with E-state index in [4.69, 9.17) is 4.74 Å². The summed E-state index contributed by atoms with van der Waals surface area (Å²) in [6, 6.07) is 10.7. The fourth-order valence-corrected chi connectivity index (χ4v) is 3.83. The molecule has 2 aliphatic rings. The van der Waals surface area contributed by atoms with E-state index in [0.29, 0.717) is 12.2 Å². The van der Waals surface area contributed by atoms with Crippen molar-refractivity contribution < 1.29 is 9.53 Å². The van der Waals surface area contributed by atoms with Gasteiger partial charge in [0.05, 0.1) is 18.8 Å². The Morgan fingerprint density at radius 1 is 1.19 bits per heavy atom. The molecule has 144 valence electrons. The molecule has 4 rings (SSSR count). The maximum atomic E-state index is 12.5. The van der Waals surface area contributed by atoms with E-state index in [2.05, 4.69) is 44.8 Å². The quantitative estimate of drug-likeness (QED) is 0.841. The van der Waals surface area contributed by atoms with Crippen molar-refractivity contribution in [2.75, 3.05) is 19.7 Å². The van der Waals surface area contributed by atoms with Crippen LogP contribution in [0.3, 0.4) is 0 Å². The Bertz CT molecular complexity index is 734. The Morgan fingerprint density at radius 2 is 2.00 bits per heavy atom. The number of hydrogen-bond acceptors (Lipinski definition) is 5. The lowest BCUT2D eigenvalue weighted by Gasteiger charge is -2.32. The van der Waals surface area contributed by atoms with Crippen LogP contribution in [0, 0.1) is 0 Å². The number of hydrogen-bond donors (Lipinski definition) is 1. The van der Waals surface area contributed by atoms with Gasteiger partial charge in [0, 0.05) is 32.3 Å². The van der Waals surface area contributed by atoms with Gasteiger partial charge in [-0.3, -0.25) is 9.69 Å². The molecule has 1 amide bonds. The molecule has 0 spiro atoms. The molecule has 1 aromatic carbocycles. The summed E-state index contributed by atoms with van der Waals surface area (Å²) in [5, 5.41) is 11.2. The van der Waals surface area contributed by atoms with Crippen LogP contribution in [0.5, 0.6) is 0 Å². The minimum Gasteiger partial charge on any atom is -0.376 e. The minimum atomic E-state index is -0.130. The highest BCUT2D eigenvalue weighted by atomic mass is 16.5. The van der Waals surface area contributed by atoms with Crippen LogP contribution in [0.4, 0.5) is 0 Å². The molecule has 2 saturated heterocycles. The highest BCUT2D eigenvalue weighted by Crippen LogP contribution is 2.15. The van der Waals surface area contributed by atoms with Gasteiger partial charge in [-0.15, -0.1) is 5.10 Å². The van der Waals surface area contributed by atoms with Crippen LogP contribution >= 0.6 is 0 Å². The molecule has 0 saturated carbocycles. The van der Waals surface area contributed by atoms with E-state index in [-0.39, 0.29) is 18.1 Å². The molecular weight excluding hydrogens is 342 g/mol. The average Bonchev–Trinajstić information content (AvgIpc) is 3.37. The maximum Gasteiger partial charge on any atom is 0.273 e. The van der Waals surface area contributed by atoms with Gasteiger partial charge < -0.3 is 10.1 Å². The van der Waals surface area contributed by atoms with Gasteiger partial charge in [0.2, 0.25) is 0 Å². The lowest BCUT2D eigenvalue weighted by atomic mass is 10.0. The average molecular weight is 369 g/mol. The van der Waals surface area contributed by atoms with Gasteiger partial charge in [-0.1, -0.05) is 35.5 Å². The van der Waals surface area contributed by atoms with E-state index in [1.54, 1.807) is 10.9 Å². The standard InChI is InChI=1S/C20H27N5O2/c26-20(19-15-25(23-22-19)14-18-7-4-12-27-18)21-17-8-10-24(11-9-17)13-16-5-2-1-3-6-16/h1-3,5-6,15,17-18H,4,7-14H2,(H,21,26). The number of nitrogens with one attached hydrogen (secondary N) is 1. The lowest BCUT2D eigenvalue weighted by molar-refractivity contribution is 0.0901. The van der Waals surface area contributed by atoms with Crippen molar-refractivity contribution in [2.45, 2.75) is 50.9 Å². The fraction of sp³-hybridized carbons (Fsp3) is 0.550. The molecule has 2 aliphatic heterocycles. The maximum absolute atomic E-state index is 12.5. The van der Waals surface area contributed by atoms with Gasteiger partial charge >= 0.3 is 0 Å². The summed E-state index contributed by atoms with van der Waals surface area (Å²) < 4.78 is 7.32. The van der Waals surface area contributed by atoms with Gasteiger partial charge in [-0.25, -0.2) is 4.68 Å². The summed E-state index contributed by atoms with van der Waals surface area (Å²) in [6.07, 6.45) is 5.97. The zero-order chi connectivity index (χ0) is 18.5. The Kier molecular flexibility index (Phi) is 5.79. The molecule has 1 aromatic heterocycles. The third-order valence-electron chi connectivity index (χ3n) is 5.36. The van der Waals surface area contributed by atoms with Crippen molar-refractivity contribution in [3.8, 4) is 0 Å². The summed E-state index contributed by atoms with van der Waals surface area (Å²) in [7, 11) is 0. The third kappa shape index (κ3) is 4.93. The number of amides is 1. The number of carbonyl (C=O) groups is 1. The van der Waals surface area contributed by atoms with Crippen LogP contribution in [0.15, 0.2) is 36.5 Å². The van der Waals surface area contributed by atoms with Crippen molar-refractivity contribution in [1.29, 1.82) is 0 Å². The number of nitrogens with zero attached hydrogens (tertiary/aromatic N) is 4. The predicted octanol–water partition coefficient (Wildman–Crippen LogP) is 1.85. The van der Waals surface area contributed by atoms with Crippen molar-refractivity contribution in [3.63, 3.8) is 0 Å². The Hall–Kier alpha value is -2.25. The molecule has 1 atom stereocenters. The van der Waals surface area contributed by atoms with Crippen LogP contribution in [0.25, 0.3) is 0 Å². The first-order valence-electron chi connectivity index (χ1n) is 9.85. The van der Waals surface area contributed by atoms with E-state index in [9.17, 15) is 4.79 Å². The second-order valence-corrected chi connectivity index (χ2v) is 7.47. The first-order valence-corrected chi connectivity index (χ1v) is 9.85. The molecule has 7 heteroatoms. The van der Waals surface area contributed by atoms with Crippen LogP contribution in [-0.2, 0) is 17.8 Å². The normalized spacial score (nSPS) is 21.4. The Labute approximate surface area is 159 Å². The number of rotatable bonds is 6. The zero-order valence-corrected chi connectivity index (χ0v) is 15.6. The summed E-state index contributed by atoms with van der Waals surface area (Å²) in [5.74, 6) is -0.130. The molecule has 7 nitrogen and oxygen atoms in total. The van der Waals surface area contributed by atoms with Crippen molar-refractivity contribution in [1.82, 2.24) is 25.2 Å². The van der Waals surface area contributed by atoms with Crippen LogP contribution < -0.4 is 5.32 Å². The molecule has 0 bridgehead atoms. The molecule has 2 aromatic rings. The molecule has 27 heavy (non-hydrogen) atoms. The van der Waals surface area contributed by atoms with Gasteiger partial charge in [-0.2, -0.15) is 0 Å². The number of carbonyl (C=O) groups excluding carboxylic acids is 1. The Balaban J connectivity index is 1.23. The minimum absolute atomic E-state index is 0.130. The van der Waals surface area contributed by atoms with E-state index in [1.807, 2.05) is 6.07 Å². The van der Waals surface area contributed by atoms with Crippen molar-refractivity contribution >= 4 is 5.91 Å². The monoisotopic (exact) mass is 369 g/mol. The summed E-state index contributed by atoms with van der Waals surface area (Å²) in [4.78, 5) is 14.9. The second kappa shape index (κ2) is 8.63. The summed E-state index contributed by atoms with van der Waals surface area (Å²) in [5.41, 5.74) is 1.72. The van der Waals surface area contributed by atoms with Crippen LogP contribution in [0.2, 0.25) is 0 Å². The topological polar surface area (TPSA) is 72.3 Å². The number of likely N-dealkylation sites (tertiary alicyclic amines) is 1. The van der Waals surface area contributed by atoms with Gasteiger partial charge in [0.25, 0.3) is 5.91 Å². The van der Waals surface area contributed by atoms with Crippen LogP contribution in [0.1, 0.15) is 41.7 Å². The predicted molar refractivity (Wildman–Crippen MR) is 101 cm³/mol. The molecule has 0 aliphatic carbocycles. The molecule has 2 fully saturated rings. The smallest absolute Gasteiger partial charge is 0.273 e. The molecule has 1 N–H and O–H groups in total. The number of ether oxygens (including phenoxy) is 1. The van der Waals surface area contributed by atoms with E-state index < -0.39 is 0 Å². The summed E-state index contributed by atoms with van der Waals surface area (Å²) in [6.45, 7) is 4.43. The lowest BCUT2D eigenvalue weighted by Crippen LogP contribution is -2.44. The Morgan fingerprint density at radius 3 is 2.74 bits per heavy atom. The largest absolute Gasteiger partial charge is 0.376 e. The van der Waals surface area contributed by atoms with E-state index in [0.717, 1.165) is 51.9 Å². The van der Waals surface area contributed by atoms with Crippen molar-refractivity contribution in [2.24, 2.45) is 0 Å². The molecule has 0 radical (unpaired) electrons.